The number of nitrogen functional groups attached to an aromatic ring is 1. The minimum atomic E-state index is 0.177. The molecule has 0 bridgehead atoms. The van der Waals surface area contributed by atoms with Crippen LogP contribution in [-0.2, 0) is 11.2 Å². The van der Waals surface area contributed by atoms with Gasteiger partial charge in [-0.15, -0.1) is 0 Å². The zero-order chi connectivity index (χ0) is 10.8. The number of carbonyl (C=O) groups excluding carboxylic acids is 1. The number of carbonyl (C=O) groups is 1. The third kappa shape index (κ3) is 1.69. The van der Waals surface area contributed by atoms with Gasteiger partial charge >= 0.3 is 0 Å². The van der Waals surface area contributed by atoms with Crippen LogP contribution in [0.1, 0.15) is 25.3 Å². The summed E-state index contributed by atoms with van der Waals surface area (Å²) in [6.07, 6.45) is 2.62. The van der Waals surface area contributed by atoms with Crippen molar-refractivity contribution < 1.29 is 4.79 Å². The molecule has 2 N–H and O–H groups in total. The Hall–Kier alpha value is -1.51. The van der Waals surface area contributed by atoms with Crippen LogP contribution in [0.2, 0.25) is 0 Å². The number of unbranched alkanes of at least 4 members (excludes halogenated alkanes) is 1. The minimum absolute atomic E-state index is 0.177. The average Bonchev–Trinajstić information content (AvgIpc) is 2.53. The van der Waals surface area contributed by atoms with Crippen molar-refractivity contribution in [1.29, 1.82) is 0 Å². The van der Waals surface area contributed by atoms with Crippen molar-refractivity contribution in [2.75, 3.05) is 17.2 Å². The molecule has 1 aromatic carbocycles. The van der Waals surface area contributed by atoms with Crippen molar-refractivity contribution >= 4 is 17.3 Å². The van der Waals surface area contributed by atoms with Crippen molar-refractivity contribution in [1.82, 2.24) is 0 Å². The maximum atomic E-state index is 11.8. The second kappa shape index (κ2) is 3.93. The molecule has 3 heteroatoms. The molecule has 0 spiro atoms. The van der Waals surface area contributed by atoms with Crippen molar-refractivity contribution in [3.63, 3.8) is 0 Å². The van der Waals surface area contributed by atoms with Gasteiger partial charge in [0, 0.05) is 6.54 Å². The first-order valence-corrected chi connectivity index (χ1v) is 5.41. The van der Waals surface area contributed by atoms with Gasteiger partial charge in [0.05, 0.1) is 17.8 Å². The number of benzene rings is 1. The topological polar surface area (TPSA) is 46.3 Å². The summed E-state index contributed by atoms with van der Waals surface area (Å²) >= 11 is 0. The Balaban J connectivity index is 2.31. The van der Waals surface area contributed by atoms with Gasteiger partial charge in [-0.2, -0.15) is 0 Å². The van der Waals surface area contributed by atoms with Gasteiger partial charge in [0.25, 0.3) is 0 Å². The Kier molecular flexibility index (Phi) is 2.62. The highest BCUT2D eigenvalue weighted by Gasteiger charge is 2.28. The standard InChI is InChI=1S/C12H16N2O/c1-2-3-7-14-11(15)8-9-5-4-6-10(13)12(9)14/h4-6H,2-3,7-8,13H2,1H3. The normalized spacial score (nSPS) is 14.5. The van der Waals surface area contributed by atoms with Crippen LogP contribution in [0, 0.1) is 0 Å². The maximum absolute atomic E-state index is 11.8. The van der Waals surface area contributed by atoms with Gasteiger partial charge in [-0.25, -0.2) is 0 Å². The van der Waals surface area contributed by atoms with Crippen LogP contribution in [0.15, 0.2) is 18.2 Å². The molecule has 1 aromatic rings. The number of nitrogens with zero attached hydrogens (tertiary/aromatic N) is 1. The van der Waals surface area contributed by atoms with Gasteiger partial charge in [0.2, 0.25) is 5.91 Å². The summed E-state index contributed by atoms with van der Waals surface area (Å²) in [6.45, 7) is 2.91. The van der Waals surface area contributed by atoms with Crippen molar-refractivity contribution in [3.05, 3.63) is 23.8 Å². The number of para-hydroxylation sites is 1. The molecule has 80 valence electrons. The molecule has 15 heavy (non-hydrogen) atoms. The summed E-state index contributed by atoms with van der Waals surface area (Å²) in [4.78, 5) is 13.6. The molecule has 1 amide bonds. The molecule has 0 aliphatic carbocycles. The van der Waals surface area contributed by atoms with Crippen LogP contribution in [-0.4, -0.2) is 12.5 Å². The fourth-order valence-electron chi connectivity index (χ4n) is 2.02. The van der Waals surface area contributed by atoms with E-state index in [4.69, 9.17) is 5.73 Å². The van der Waals surface area contributed by atoms with Crippen LogP contribution in [0.5, 0.6) is 0 Å². The third-order valence-electron chi connectivity index (χ3n) is 2.80. The molecular formula is C12H16N2O. The van der Waals surface area contributed by atoms with E-state index in [1.165, 1.54) is 0 Å². The fourth-order valence-corrected chi connectivity index (χ4v) is 2.02. The number of anilines is 2. The molecule has 0 saturated carbocycles. The summed E-state index contributed by atoms with van der Waals surface area (Å²) in [5.41, 5.74) is 8.63. The highest BCUT2D eigenvalue weighted by Crippen LogP contribution is 2.34. The predicted octanol–water partition coefficient (Wildman–Crippen LogP) is 1.96. The molecule has 0 aromatic heterocycles. The number of fused-ring (bicyclic) bond motifs is 1. The van der Waals surface area contributed by atoms with Crippen LogP contribution in [0.4, 0.5) is 11.4 Å². The van der Waals surface area contributed by atoms with E-state index in [1.54, 1.807) is 0 Å². The molecule has 3 nitrogen and oxygen atoms in total. The van der Waals surface area contributed by atoms with E-state index < -0.39 is 0 Å². The SMILES string of the molecule is CCCCN1C(=O)Cc2cccc(N)c21. The van der Waals surface area contributed by atoms with Gasteiger partial charge in [0.1, 0.15) is 0 Å². The van der Waals surface area contributed by atoms with Crippen LogP contribution < -0.4 is 10.6 Å². The maximum Gasteiger partial charge on any atom is 0.231 e. The van der Waals surface area contributed by atoms with Crippen LogP contribution in [0.25, 0.3) is 0 Å². The number of rotatable bonds is 3. The first-order valence-electron chi connectivity index (χ1n) is 5.41. The largest absolute Gasteiger partial charge is 0.397 e. The number of nitrogens with two attached hydrogens (primary N) is 1. The second-order valence-corrected chi connectivity index (χ2v) is 3.93. The molecule has 0 atom stereocenters. The highest BCUT2D eigenvalue weighted by atomic mass is 16.2. The fraction of sp³-hybridized carbons (Fsp3) is 0.417. The summed E-state index contributed by atoms with van der Waals surface area (Å²) < 4.78 is 0. The quantitative estimate of drug-likeness (QED) is 0.765. The Morgan fingerprint density at radius 2 is 2.27 bits per heavy atom. The van der Waals surface area contributed by atoms with E-state index >= 15 is 0 Å². The number of amides is 1. The monoisotopic (exact) mass is 204 g/mol. The summed E-state index contributed by atoms with van der Waals surface area (Å²) in [7, 11) is 0. The Morgan fingerprint density at radius 1 is 1.47 bits per heavy atom. The zero-order valence-electron chi connectivity index (χ0n) is 8.99. The third-order valence-corrected chi connectivity index (χ3v) is 2.80. The molecule has 2 rings (SSSR count). The lowest BCUT2D eigenvalue weighted by Gasteiger charge is -2.18. The predicted molar refractivity (Wildman–Crippen MR) is 61.8 cm³/mol. The van der Waals surface area contributed by atoms with Gasteiger partial charge < -0.3 is 10.6 Å². The van der Waals surface area contributed by atoms with Crippen molar-refractivity contribution in [2.24, 2.45) is 0 Å². The van der Waals surface area contributed by atoms with E-state index in [-0.39, 0.29) is 5.91 Å². The first kappa shape index (κ1) is 10.0. The molecular weight excluding hydrogens is 188 g/mol. The Labute approximate surface area is 89.9 Å². The summed E-state index contributed by atoms with van der Waals surface area (Å²) in [5.74, 6) is 0.177. The molecule has 1 heterocycles. The molecule has 1 aliphatic rings. The van der Waals surface area contributed by atoms with Crippen molar-refractivity contribution in [2.45, 2.75) is 26.2 Å². The van der Waals surface area contributed by atoms with Gasteiger partial charge in [-0.3, -0.25) is 4.79 Å². The van der Waals surface area contributed by atoms with E-state index in [2.05, 4.69) is 6.92 Å². The van der Waals surface area contributed by atoms with E-state index in [0.29, 0.717) is 6.42 Å². The van der Waals surface area contributed by atoms with Gasteiger partial charge in [-0.1, -0.05) is 25.5 Å². The summed E-state index contributed by atoms with van der Waals surface area (Å²) in [6, 6.07) is 5.75. The lowest BCUT2D eigenvalue weighted by molar-refractivity contribution is -0.117. The lowest BCUT2D eigenvalue weighted by Crippen LogP contribution is -2.28. The van der Waals surface area contributed by atoms with Crippen LogP contribution >= 0.6 is 0 Å². The van der Waals surface area contributed by atoms with Gasteiger partial charge in [0.15, 0.2) is 0 Å². The molecule has 1 aliphatic heterocycles. The lowest BCUT2D eigenvalue weighted by atomic mass is 10.1. The molecule has 0 fully saturated rings. The second-order valence-electron chi connectivity index (χ2n) is 3.93. The molecule has 0 unspecified atom stereocenters. The Bertz CT molecular complexity index is 387. The molecule has 0 saturated heterocycles. The average molecular weight is 204 g/mol. The van der Waals surface area contributed by atoms with E-state index in [0.717, 1.165) is 36.3 Å². The number of hydrogen-bond acceptors (Lipinski definition) is 2. The van der Waals surface area contributed by atoms with Gasteiger partial charge in [-0.05, 0) is 18.1 Å². The minimum Gasteiger partial charge on any atom is -0.397 e. The zero-order valence-corrected chi connectivity index (χ0v) is 8.99. The highest BCUT2D eigenvalue weighted by molar-refractivity contribution is 6.04. The van der Waals surface area contributed by atoms with Crippen molar-refractivity contribution in [3.8, 4) is 0 Å². The summed E-state index contributed by atoms with van der Waals surface area (Å²) in [5, 5.41) is 0. The molecule has 0 radical (unpaired) electrons. The smallest absolute Gasteiger partial charge is 0.231 e. The van der Waals surface area contributed by atoms with E-state index in [9.17, 15) is 4.79 Å². The number of hydrogen-bond donors (Lipinski definition) is 1. The first-order chi connectivity index (χ1) is 7.24. The van der Waals surface area contributed by atoms with E-state index in [1.807, 2.05) is 23.1 Å². The van der Waals surface area contributed by atoms with Crippen LogP contribution in [0.3, 0.4) is 0 Å². The Morgan fingerprint density at radius 3 is 3.00 bits per heavy atom.